The highest BCUT2D eigenvalue weighted by Gasteiger charge is 2.28. The smallest absolute Gasteiger partial charge is 0.247 e. The number of aryl methyl sites for hydroxylation is 3. The van der Waals surface area contributed by atoms with Crippen molar-refractivity contribution in [1.29, 1.82) is 0 Å². The minimum Gasteiger partial charge on any atom is -0.372 e. The lowest BCUT2D eigenvalue weighted by molar-refractivity contribution is -0.122. The molecule has 1 aliphatic heterocycles. The zero-order valence-corrected chi connectivity index (χ0v) is 16.0. The van der Waals surface area contributed by atoms with Crippen molar-refractivity contribution in [2.45, 2.75) is 33.2 Å². The van der Waals surface area contributed by atoms with Crippen LogP contribution in [0.15, 0.2) is 34.8 Å². The van der Waals surface area contributed by atoms with Crippen molar-refractivity contribution in [1.82, 2.24) is 0 Å². The van der Waals surface area contributed by atoms with Gasteiger partial charge in [-0.05, 0) is 77.7 Å². The molecule has 2 aromatic carbocycles. The first kappa shape index (κ1) is 17.5. The number of hydrogen-bond acceptors (Lipinski definition) is 3. The summed E-state index contributed by atoms with van der Waals surface area (Å²) < 4.78 is 0.818. The zero-order valence-electron chi connectivity index (χ0n) is 14.4. The highest BCUT2D eigenvalue weighted by Crippen LogP contribution is 2.30. The Morgan fingerprint density at radius 1 is 1.12 bits per heavy atom. The standard InChI is InChI=1S/C19H20BrN3O2/c1-10-4-5-14(13(20)6-10)22-18(24)9-17-19(25)23-16-8-12(3)11(2)7-15(16)21-17/h4-8,17,21H,9H2,1-3H3,(H,22,24)(H,23,25). The van der Waals surface area contributed by atoms with Crippen LogP contribution in [-0.4, -0.2) is 17.9 Å². The van der Waals surface area contributed by atoms with E-state index in [0.717, 1.165) is 32.5 Å². The Hall–Kier alpha value is -2.34. The quantitative estimate of drug-likeness (QED) is 0.723. The molecule has 3 rings (SSSR count). The highest BCUT2D eigenvalue weighted by molar-refractivity contribution is 9.10. The fraction of sp³-hybridized carbons (Fsp3) is 0.263. The van der Waals surface area contributed by atoms with Crippen LogP contribution in [0.25, 0.3) is 0 Å². The molecule has 130 valence electrons. The first-order valence-electron chi connectivity index (χ1n) is 8.08. The Bertz CT molecular complexity index is 864. The van der Waals surface area contributed by atoms with Gasteiger partial charge in [-0.25, -0.2) is 0 Å². The summed E-state index contributed by atoms with van der Waals surface area (Å²) in [5, 5.41) is 8.89. The van der Waals surface area contributed by atoms with Crippen LogP contribution in [0.2, 0.25) is 0 Å². The summed E-state index contributed by atoms with van der Waals surface area (Å²) in [6.07, 6.45) is 0.0541. The third-order valence-corrected chi connectivity index (χ3v) is 4.98. The van der Waals surface area contributed by atoms with Gasteiger partial charge in [0, 0.05) is 4.47 Å². The molecule has 0 radical (unpaired) electrons. The minimum absolute atomic E-state index is 0.0541. The molecular formula is C19H20BrN3O2. The summed E-state index contributed by atoms with van der Waals surface area (Å²) >= 11 is 3.44. The maximum atomic E-state index is 12.3. The molecule has 1 unspecified atom stereocenters. The van der Waals surface area contributed by atoms with E-state index in [1.54, 1.807) is 0 Å². The summed E-state index contributed by atoms with van der Waals surface area (Å²) in [7, 11) is 0. The molecule has 6 heteroatoms. The maximum Gasteiger partial charge on any atom is 0.247 e. The van der Waals surface area contributed by atoms with Crippen molar-refractivity contribution < 1.29 is 9.59 Å². The number of nitrogens with one attached hydrogen (secondary N) is 3. The SMILES string of the molecule is Cc1ccc(NC(=O)CC2Nc3cc(C)c(C)cc3NC2=O)c(Br)c1. The predicted octanol–water partition coefficient (Wildman–Crippen LogP) is 4.14. The van der Waals surface area contributed by atoms with Gasteiger partial charge in [-0.2, -0.15) is 0 Å². The zero-order chi connectivity index (χ0) is 18.1. The van der Waals surface area contributed by atoms with Gasteiger partial charge in [-0.3, -0.25) is 9.59 Å². The normalized spacial score (nSPS) is 15.8. The molecule has 1 heterocycles. The molecule has 0 saturated carbocycles. The van der Waals surface area contributed by atoms with Crippen LogP contribution in [-0.2, 0) is 9.59 Å². The fourth-order valence-corrected chi connectivity index (χ4v) is 3.36. The van der Waals surface area contributed by atoms with E-state index in [1.807, 2.05) is 51.1 Å². The first-order valence-corrected chi connectivity index (χ1v) is 8.87. The Labute approximate surface area is 155 Å². The number of fused-ring (bicyclic) bond motifs is 1. The summed E-state index contributed by atoms with van der Waals surface area (Å²) in [5.74, 6) is -0.418. The molecule has 0 aromatic heterocycles. The van der Waals surface area contributed by atoms with E-state index in [2.05, 4.69) is 31.9 Å². The van der Waals surface area contributed by atoms with Crippen molar-refractivity contribution >= 4 is 44.8 Å². The van der Waals surface area contributed by atoms with Crippen molar-refractivity contribution in [2.24, 2.45) is 0 Å². The summed E-state index contributed by atoms with van der Waals surface area (Å²) in [5.41, 5.74) is 5.64. The number of carbonyl (C=O) groups excluding carboxylic acids is 2. The van der Waals surface area contributed by atoms with Crippen molar-refractivity contribution in [3.8, 4) is 0 Å². The van der Waals surface area contributed by atoms with Gasteiger partial charge in [0.2, 0.25) is 11.8 Å². The van der Waals surface area contributed by atoms with Crippen LogP contribution >= 0.6 is 15.9 Å². The van der Waals surface area contributed by atoms with Gasteiger partial charge < -0.3 is 16.0 Å². The van der Waals surface area contributed by atoms with Gasteiger partial charge in [0.05, 0.1) is 23.5 Å². The molecule has 25 heavy (non-hydrogen) atoms. The van der Waals surface area contributed by atoms with Crippen LogP contribution < -0.4 is 16.0 Å². The summed E-state index contributed by atoms with van der Waals surface area (Å²) in [6, 6.07) is 9.03. The summed E-state index contributed by atoms with van der Waals surface area (Å²) in [4.78, 5) is 24.6. The molecule has 5 nitrogen and oxygen atoms in total. The number of amides is 2. The molecule has 2 aromatic rings. The fourth-order valence-electron chi connectivity index (χ4n) is 2.76. The van der Waals surface area contributed by atoms with E-state index in [4.69, 9.17) is 0 Å². The molecule has 2 amide bonds. The predicted molar refractivity (Wildman–Crippen MR) is 104 cm³/mol. The first-order chi connectivity index (χ1) is 11.8. The van der Waals surface area contributed by atoms with E-state index in [0.29, 0.717) is 5.69 Å². The average molecular weight is 402 g/mol. The molecule has 0 aliphatic carbocycles. The van der Waals surface area contributed by atoms with Crippen LogP contribution in [0.4, 0.5) is 17.1 Å². The van der Waals surface area contributed by atoms with Gasteiger partial charge in [-0.15, -0.1) is 0 Å². The highest BCUT2D eigenvalue weighted by atomic mass is 79.9. The lowest BCUT2D eigenvalue weighted by atomic mass is 10.0. The van der Waals surface area contributed by atoms with Gasteiger partial charge in [0.15, 0.2) is 0 Å². The summed E-state index contributed by atoms with van der Waals surface area (Å²) in [6.45, 7) is 6.00. The van der Waals surface area contributed by atoms with Crippen molar-refractivity contribution in [2.75, 3.05) is 16.0 Å². The Balaban J connectivity index is 1.71. The van der Waals surface area contributed by atoms with E-state index >= 15 is 0 Å². The molecular weight excluding hydrogens is 382 g/mol. The largest absolute Gasteiger partial charge is 0.372 e. The Morgan fingerprint density at radius 3 is 2.48 bits per heavy atom. The van der Waals surface area contributed by atoms with Gasteiger partial charge >= 0.3 is 0 Å². The Morgan fingerprint density at radius 2 is 1.80 bits per heavy atom. The molecule has 0 fully saturated rings. The van der Waals surface area contributed by atoms with E-state index < -0.39 is 6.04 Å². The van der Waals surface area contributed by atoms with Crippen LogP contribution in [0.5, 0.6) is 0 Å². The van der Waals surface area contributed by atoms with Crippen LogP contribution in [0.3, 0.4) is 0 Å². The number of anilines is 3. The third kappa shape index (κ3) is 3.85. The number of hydrogen-bond donors (Lipinski definition) is 3. The number of carbonyl (C=O) groups is 2. The lowest BCUT2D eigenvalue weighted by Crippen LogP contribution is -2.41. The molecule has 1 aliphatic rings. The number of rotatable bonds is 3. The average Bonchev–Trinajstić information content (AvgIpc) is 2.53. The van der Waals surface area contributed by atoms with Crippen LogP contribution in [0, 0.1) is 20.8 Å². The second-order valence-corrected chi connectivity index (χ2v) is 7.26. The van der Waals surface area contributed by atoms with Crippen molar-refractivity contribution in [3.63, 3.8) is 0 Å². The molecule has 0 saturated heterocycles. The minimum atomic E-state index is -0.598. The number of benzene rings is 2. The second kappa shape index (κ2) is 6.88. The molecule has 3 N–H and O–H groups in total. The number of halogens is 1. The third-order valence-electron chi connectivity index (χ3n) is 4.33. The molecule has 0 spiro atoms. The van der Waals surface area contributed by atoms with Gasteiger partial charge in [0.1, 0.15) is 6.04 Å². The maximum absolute atomic E-state index is 12.3. The van der Waals surface area contributed by atoms with Gasteiger partial charge in [0.25, 0.3) is 0 Å². The van der Waals surface area contributed by atoms with E-state index in [1.165, 1.54) is 0 Å². The van der Waals surface area contributed by atoms with E-state index in [-0.39, 0.29) is 18.2 Å². The molecule has 1 atom stereocenters. The Kier molecular flexibility index (Phi) is 4.81. The second-order valence-electron chi connectivity index (χ2n) is 6.40. The topological polar surface area (TPSA) is 70.2 Å². The van der Waals surface area contributed by atoms with Crippen LogP contribution in [0.1, 0.15) is 23.1 Å². The van der Waals surface area contributed by atoms with Gasteiger partial charge in [-0.1, -0.05) is 6.07 Å². The molecule has 0 bridgehead atoms. The van der Waals surface area contributed by atoms with Crippen molar-refractivity contribution in [3.05, 3.63) is 51.5 Å². The monoisotopic (exact) mass is 401 g/mol. The lowest BCUT2D eigenvalue weighted by Gasteiger charge is -2.27. The van der Waals surface area contributed by atoms with E-state index in [9.17, 15) is 9.59 Å².